The lowest BCUT2D eigenvalue weighted by atomic mass is 9.79. The van der Waals surface area contributed by atoms with Gasteiger partial charge in [0.25, 0.3) is 0 Å². The molecule has 1 saturated heterocycles. The Hall–Kier alpha value is -3.66. The van der Waals surface area contributed by atoms with E-state index in [4.69, 9.17) is 4.74 Å². The van der Waals surface area contributed by atoms with Crippen LogP contribution in [0.4, 0.5) is 4.39 Å². The summed E-state index contributed by atoms with van der Waals surface area (Å²) in [6, 6.07) is 8.53. The summed E-state index contributed by atoms with van der Waals surface area (Å²) in [6.45, 7) is 9.59. The van der Waals surface area contributed by atoms with E-state index in [1.54, 1.807) is 28.9 Å². The summed E-state index contributed by atoms with van der Waals surface area (Å²) in [5.41, 5.74) is 2.55. The van der Waals surface area contributed by atoms with E-state index >= 15 is 4.39 Å². The minimum atomic E-state index is -1.21. The third kappa shape index (κ3) is 4.53. The van der Waals surface area contributed by atoms with Gasteiger partial charge in [-0.1, -0.05) is 0 Å². The highest BCUT2D eigenvalue weighted by Gasteiger charge is 2.47. The number of hydrogen-bond donors (Lipinski definition) is 2. The van der Waals surface area contributed by atoms with Crippen LogP contribution in [0.2, 0.25) is 0 Å². The molecule has 0 saturated carbocycles. The molecule has 0 radical (unpaired) electrons. The molecule has 0 spiro atoms. The van der Waals surface area contributed by atoms with Crippen molar-refractivity contribution in [3.8, 4) is 34.3 Å². The van der Waals surface area contributed by atoms with Crippen LogP contribution in [-0.2, 0) is 0 Å². The predicted molar refractivity (Wildman–Crippen MR) is 129 cm³/mol. The summed E-state index contributed by atoms with van der Waals surface area (Å²) in [5, 5.41) is 26.7. The van der Waals surface area contributed by atoms with Gasteiger partial charge >= 0.3 is 0 Å². The van der Waals surface area contributed by atoms with Crippen molar-refractivity contribution in [2.24, 2.45) is 0 Å². The maximum absolute atomic E-state index is 15.0. The molecule has 0 unspecified atom stereocenters. The van der Waals surface area contributed by atoms with Crippen molar-refractivity contribution >= 4 is 5.65 Å². The van der Waals surface area contributed by atoms with Crippen molar-refractivity contribution in [1.82, 2.24) is 35.1 Å². The molecule has 0 aromatic carbocycles. The third-order valence-electron chi connectivity index (χ3n) is 6.15. The number of piperidine rings is 1. The smallest absolute Gasteiger partial charge is 0.233 e. The lowest BCUT2D eigenvalue weighted by molar-refractivity contribution is -0.0281. The molecule has 10 heteroatoms. The molecule has 9 nitrogen and oxygen atoms in total. The molecule has 2 N–H and O–H groups in total. The van der Waals surface area contributed by atoms with Crippen LogP contribution in [0, 0.1) is 6.92 Å². The Kier molecular flexibility index (Phi) is 5.43. The van der Waals surface area contributed by atoms with Crippen molar-refractivity contribution in [1.29, 1.82) is 0 Å². The van der Waals surface area contributed by atoms with Gasteiger partial charge in [-0.15, -0.1) is 10.2 Å². The molecule has 2 atom stereocenters. The Morgan fingerprint density at radius 2 is 1.89 bits per heavy atom. The topological polar surface area (TPSA) is 110 Å². The SMILES string of the molecule is Cc1cn2nc(-c3cnc(-c4ccc(O[C@H]5CC(C)(C)NC(C)(C)[C@H]5F)nn4)c(O)c3)ccc2n1. The zero-order chi connectivity index (χ0) is 25.0. The third-order valence-corrected chi connectivity index (χ3v) is 6.15. The van der Waals surface area contributed by atoms with Crippen LogP contribution in [0.3, 0.4) is 0 Å². The Morgan fingerprint density at radius 1 is 1.11 bits per heavy atom. The normalized spacial score (nSPS) is 21.2. The Labute approximate surface area is 202 Å². The van der Waals surface area contributed by atoms with E-state index in [0.717, 1.165) is 11.3 Å². The summed E-state index contributed by atoms with van der Waals surface area (Å²) in [4.78, 5) is 8.75. The zero-order valence-corrected chi connectivity index (χ0v) is 20.3. The number of aromatic hydroxyl groups is 1. The molecular formula is C25H28FN7O2. The van der Waals surface area contributed by atoms with Gasteiger partial charge in [-0.2, -0.15) is 5.10 Å². The molecule has 182 valence electrons. The molecule has 0 bridgehead atoms. The summed E-state index contributed by atoms with van der Waals surface area (Å²) >= 11 is 0. The lowest BCUT2D eigenvalue weighted by Crippen LogP contribution is -2.66. The van der Waals surface area contributed by atoms with Gasteiger partial charge in [0, 0.05) is 35.3 Å². The van der Waals surface area contributed by atoms with E-state index in [1.165, 1.54) is 0 Å². The molecule has 1 fully saturated rings. The monoisotopic (exact) mass is 477 g/mol. The molecular weight excluding hydrogens is 449 g/mol. The molecule has 1 aliphatic rings. The van der Waals surface area contributed by atoms with Crippen molar-refractivity contribution in [2.45, 2.75) is 64.4 Å². The first-order chi connectivity index (χ1) is 16.5. The van der Waals surface area contributed by atoms with Gasteiger partial charge in [0.1, 0.15) is 23.2 Å². The number of nitrogens with one attached hydrogen (secondary N) is 1. The van der Waals surface area contributed by atoms with Crippen LogP contribution < -0.4 is 10.1 Å². The number of rotatable bonds is 4. The second-order valence-corrected chi connectivity index (χ2v) is 10.2. The first-order valence-electron chi connectivity index (χ1n) is 11.5. The van der Waals surface area contributed by atoms with E-state index in [1.807, 2.05) is 52.9 Å². The molecule has 5 rings (SSSR count). The van der Waals surface area contributed by atoms with Crippen molar-refractivity contribution in [3.63, 3.8) is 0 Å². The number of halogens is 1. The van der Waals surface area contributed by atoms with Crippen LogP contribution in [0.25, 0.3) is 28.3 Å². The van der Waals surface area contributed by atoms with Crippen LogP contribution in [-0.4, -0.2) is 58.2 Å². The quantitative estimate of drug-likeness (QED) is 0.455. The minimum Gasteiger partial charge on any atom is -0.506 e. The van der Waals surface area contributed by atoms with E-state index in [9.17, 15) is 5.11 Å². The van der Waals surface area contributed by atoms with Gasteiger partial charge in [-0.05, 0) is 58.9 Å². The fourth-order valence-corrected chi connectivity index (χ4v) is 4.77. The van der Waals surface area contributed by atoms with Crippen molar-refractivity contribution < 1.29 is 14.2 Å². The first-order valence-corrected chi connectivity index (χ1v) is 11.5. The number of nitrogens with zero attached hydrogens (tertiary/aromatic N) is 6. The summed E-state index contributed by atoms with van der Waals surface area (Å²) in [6.07, 6.45) is 2.07. The number of hydrogen-bond acceptors (Lipinski definition) is 8. The number of fused-ring (bicyclic) bond motifs is 1. The van der Waals surface area contributed by atoms with Crippen LogP contribution >= 0.6 is 0 Å². The van der Waals surface area contributed by atoms with Crippen molar-refractivity contribution in [2.75, 3.05) is 0 Å². The summed E-state index contributed by atoms with van der Waals surface area (Å²) in [5.74, 6) is 0.166. The average Bonchev–Trinajstić information content (AvgIpc) is 3.16. The maximum Gasteiger partial charge on any atom is 0.233 e. The fourth-order valence-electron chi connectivity index (χ4n) is 4.77. The number of aryl methyl sites for hydroxylation is 1. The molecule has 4 aromatic heterocycles. The molecule has 35 heavy (non-hydrogen) atoms. The zero-order valence-electron chi connectivity index (χ0n) is 20.3. The van der Waals surface area contributed by atoms with Gasteiger partial charge in [-0.3, -0.25) is 0 Å². The Bertz CT molecular complexity index is 1380. The number of imidazole rings is 1. The first kappa shape index (κ1) is 23.1. The largest absolute Gasteiger partial charge is 0.506 e. The standard InChI is InChI=1S/C25H28FN7O2/c1-14-13-33-20(28-14)8-6-16(31-33)15-10-18(34)22(27-12-15)17-7-9-21(30-29-17)35-19-11-24(2,3)32-25(4,5)23(19)26/h6-10,12-13,19,23,32,34H,11H2,1-5H3/t19-,23-/m0/s1. The molecule has 0 amide bonds. The van der Waals surface area contributed by atoms with Gasteiger partial charge in [0.05, 0.1) is 17.6 Å². The Morgan fingerprint density at radius 3 is 2.60 bits per heavy atom. The number of aromatic nitrogens is 6. The predicted octanol–water partition coefficient (Wildman–Crippen LogP) is 3.90. The van der Waals surface area contributed by atoms with E-state index in [2.05, 4.69) is 30.6 Å². The highest BCUT2D eigenvalue weighted by molar-refractivity contribution is 5.69. The highest BCUT2D eigenvalue weighted by atomic mass is 19.1. The average molecular weight is 478 g/mol. The highest BCUT2D eigenvalue weighted by Crippen LogP contribution is 2.34. The van der Waals surface area contributed by atoms with Crippen LogP contribution in [0.5, 0.6) is 11.6 Å². The van der Waals surface area contributed by atoms with E-state index < -0.39 is 17.8 Å². The van der Waals surface area contributed by atoms with Crippen LogP contribution in [0.1, 0.15) is 39.8 Å². The summed E-state index contributed by atoms with van der Waals surface area (Å²) < 4.78 is 22.6. The second-order valence-electron chi connectivity index (χ2n) is 10.2. The van der Waals surface area contributed by atoms with Gasteiger partial charge in [0.2, 0.25) is 5.88 Å². The van der Waals surface area contributed by atoms with Crippen LogP contribution in [0.15, 0.2) is 42.7 Å². The van der Waals surface area contributed by atoms with Crippen molar-refractivity contribution in [3.05, 3.63) is 48.4 Å². The van der Waals surface area contributed by atoms with E-state index in [0.29, 0.717) is 23.4 Å². The second kappa shape index (κ2) is 8.23. The minimum absolute atomic E-state index is 0.0557. The van der Waals surface area contributed by atoms with Gasteiger partial charge < -0.3 is 15.2 Å². The van der Waals surface area contributed by atoms with Gasteiger partial charge in [-0.25, -0.2) is 18.9 Å². The molecule has 1 aliphatic heterocycles. The Balaban J connectivity index is 1.35. The fraction of sp³-hybridized carbons (Fsp3) is 0.400. The molecule has 4 aromatic rings. The molecule has 5 heterocycles. The summed E-state index contributed by atoms with van der Waals surface area (Å²) in [7, 11) is 0. The lowest BCUT2D eigenvalue weighted by Gasteiger charge is -2.48. The van der Waals surface area contributed by atoms with Gasteiger partial charge in [0.15, 0.2) is 11.8 Å². The number of alkyl halides is 1. The maximum atomic E-state index is 15.0. The number of ether oxygens (including phenoxy) is 1. The molecule has 0 aliphatic carbocycles. The van der Waals surface area contributed by atoms with E-state index in [-0.39, 0.29) is 22.9 Å². The number of pyridine rings is 1.